The Morgan fingerprint density at radius 3 is 2.54 bits per heavy atom. The molecule has 0 bridgehead atoms. The van der Waals surface area contributed by atoms with E-state index in [1.165, 1.54) is 0 Å². The van der Waals surface area contributed by atoms with Crippen LogP contribution in [0.1, 0.15) is 41.8 Å². The second-order valence-corrected chi connectivity index (χ2v) is 8.54. The molecule has 140 valence electrons. The zero-order chi connectivity index (χ0) is 19.2. The molecular formula is C18H23BrN4O2S. The van der Waals surface area contributed by atoms with Crippen LogP contribution in [0.4, 0.5) is 4.79 Å². The van der Waals surface area contributed by atoms with Gasteiger partial charge >= 0.3 is 6.03 Å². The molecule has 0 spiro atoms. The van der Waals surface area contributed by atoms with Gasteiger partial charge in [0.1, 0.15) is 0 Å². The van der Waals surface area contributed by atoms with E-state index in [0.717, 1.165) is 15.2 Å². The number of carbonyl (C=O) groups is 2. The molecule has 0 atom stereocenters. The normalized spacial score (nSPS) is 11.1. The Morgan fingerprint density at radius 2 is 1.88 bits per heavy atom. The summed E-state index contributed by atoms with van der Waals surface area (Å²) in [5.41, 5.74) is 1.43. The highest BCUT2D eigenvalue weighted by Crippen LogP contribution is 2.25. The zero-order valence-corrected chi connectivity index (χ0v) is 17.5. The molecule has 0 saturated heterocycles. The van der Waals surface area contributed by atoms with Gasteiger partial charge in [-0.2, -0.15) is 0 Å². The van der Waals surface area contributed by atoms with E-state index in [4.69, 9.17) is 0 Å². The van der Waals surface area contributed by atoms with Crippen LogP contribution in [-0.2, 0) is 12.0 Å². The zero-order valence-electron chi connectivity index (χ0n) is 15.1. The van der Waals surface area contributed by atoms with Gasteiger partial charge in [-0.3, -0.25) is 4.79 Å². The van der Waals surface area contributed by atoms with Crippen molar-refractivity contribution in [2.45, 2.75) is 32.7 Å². The predicted octanol–water partition coefficient (Wildman–Crippen LogP) is 3.43. The number of amides is 3. The van der Waals surface area contributed by atoms with Crippen LogP contribution < -0.4 is 16.0 Å². The van der Waals surface area contributed by atoms with Crippen LogP contribution >= 0.6 is 27.3 Å². The Morgan fingerprint density at radius 1 is 1.15 bits per heavy atom. The number of thiazole rings is 1. The van der Waals surface area contributed by atoms with E-state index in [9.17, 15) is 9.59 Å². The smallest absolute Gasteiger partial charge is 0.315 e. The molecule has 3 N–H and O–H groups in total. The lowest BCUT2D eigenvalue weighted by atomic mass is 9.98. The Hall–Kier alpha value is -1.93. The summed E-state index contributed by atoms with van der Waals surface area (Å²) in [4.78, 5) is 28.3. The van der Waals surface area contributed by atoms with Crippen molar-refractivity contribution < 1.29 is 9.59 Å². The van der Waals surface area contributed by atoms with E-state index in [-0.39, 0.29) is 17.4 Å². The Bertz CT molecular complexity index is 771. The summed E-state index contributed by atoms with van der Waals surface area (Å²) >= 11 is 4.93. The van der Waals surface area contributed by atoms with Crippen LogP contribution in [0, 0.1) is 0 Å². The van der Waals surface area contributed by atoms with Gasteiger partial charge in [0, 0.05) is 33.9 Å². The molecule has 2 rings (SSSR count). The molecule has 0 fully saturated rings. The fourth-order valence-corrected chi connectivity index (χ4v) is 3.36. The molecule has 1 aromatic carbocycles. The van der Waals surface area contributed by atoms with Gasteiger partial charge in [0.15, 0.2) is 0 Å². The van der Waals surface area contributed by atoms with E-state index >= 15 is 0 Å². The van der Waals surface area contributed by atoms with Crippen molar-refractivity contribution in [3.63, 3.8) is 0 Å². The number of carbonyl (C=O) groups excluding carboxylic acids is 2. The first-order valence-electron chi connectivity index (χ1n) is 8.26. The van der Waals surface area contributed by atoms with Crippen molar-refractivity contribution in [3.05, 3.63) is 50.4 Å². The van der Waals surface area contributed by atoms with Crippen LogP contribution in [0.25, 0.3) is 0 Å². The first kappa shape index (κ1) is 20.4. The van der Waals surface area contributed by atoms with Crippen LogP contribution in [0.5, 0.6) is 0 Å². The minimum absolute atomic E-state index is 0.0116. The van der Waals surface area contributed by atoms with E-state index in [2.05, 4.69) is 57.6 Å². The van der Waals surface area contributed by atoms with Gasteiger partial charge < -0.3 is 16.0 Å². The molecule has 26 heavy (non-hydrogen) atoms. The van der Waals surface area contributed by atoms with Gasteiger partial charge in [-0.25, -0.2) is 9.78 Å². The molecule has 0 unspecified atom stereocenters. The maximum Gasteiger partial charge on any atom is 0.315 e. The second kappa shape index (κ2) is 9.14. The number of hydrogen-bond acceptors (Lipinski definition) is 4. The summed E-state index contributed by atoms with van der Waals surface area (Å²) < 4.78 is 0.847. The van der Waals surface area contributed by atoms with Crippen LogP contribution in [0.15, 0.2) is 34.1 Å². The molecule has 8 heteroatoms. The summed E-state index contributed by atoms with van der Waals surface area (Å²) in [7, 11) is 0. The summed E-state index contributed by atoms with van der Waals surface area (Å²) in [6.45, 7) is 7.40. The quantitative estimate of drug-likeness (QED) is 0.603. The van der Waals surface area contributed by atoms with Crippen LogP contribution in [0.2, 0.25) is 0 Å². The third-order valence-electron chi connectivity index (χ3n) is 3.41. The van der Waals surface area contributed by atoms with Gasteiger partial charge in [0.2, 0.25) is 0 Å². The molecule has 0 aliphatic carbocycles. The topological polar surface area (TPSA) is 83.1 Å². The molecule has 3 amide bonds. The predicted molar refractivity (Wildman–Crippen MR) is 108 cm³/mol. The fraction of sp³-hybridized carbons (Fsp3) is 0.389. The highest BCUT2D eigenvalue weighted by molar-refractivity contribution is 9.10. The largest absolute Gasteiger partial charge is 0.350 e. The Labute approximate surface area is 165 Å². The SMILES string of the molecule is CC(C)(C)c1nc(CNC(=O)NCCNC(=O)c2cccc(Br)c2)cs1. The first-order chi connectivity index (χ1) is 12.3. The molecule has 6 nitrogen and oxygen atoms in total. The summed E-state index contributed by atoms with van der Waals surface area (Å²) in [5, 5.41) is 11.2. The third kappa shape index (κ3) is 6.42. The van der Waals surface area contributed by atoms with E-state index in [1.54, 1.807) is 29.5 Å². The van der Waals surface area contributed by atoms with E-state index in [1.807, 2.05) is 11.4 Å². The van der Waals surface area contributed by atoms with Gasteiger partial charge in [0.25, 0.3) is 5.91 Å². The van der Waals surface area contributed by atoms with Crippen molar-refractivity contribution in [1.29, 1.82) is 0 Å². The lowest BCUT2D eigenvalue weighted by Gasteiger charge is -2.13. The van der Waals surface area contributed by atoms with Crippen LogP contribution in [-0.4, -0.2) is 30.0 Å². The minimum Gasteiger partial charge on any atom is -0.350 e. The Balaban J connectivity index is 1.66. The second-order valence-electron chi connectivity index (χ2n) is 6.77. The van der Waals surface area contributed by atoms with Crippen molar-refractivity contribution in [2.75, 3.05) is 13.1 Å². The van der Waals surface area contributed by atoms with Crippen molar-refractivity contribution in [2.24, 2.45) is 0 Å². The number of hydrogen-bond donors (Lipinski definition) is 3. The Kier molecular flexibility index (Phi) is 7.16. The molecule has 1 heterocycles. The molecule has 2 aromatic rings. The van der Waals surface area contributed by atoms with Crippen molar-refractivity contribution >= 4 is 39.2 Å². The molecule has 0 aliphatic heterocycles. The average molecular weight is 439 g/mol. The standard InChI is InChI=1S/C18H23BrN4O2S/c1-18(2,3)16-23-14(11-26-16)10-22-17(25)21-8-7-20-15(24)12-5-4-6-13(19)9-12/h4-6,9,11H,7-8,10H2,1-3H3,(H,20,24)(H2,21,22,25). The van der Waals surface area contributed by atoms with E-state index < -0.39 is 0 Å². The molecule has 1 aromatic heterocycles. The number of aromatic nitrogens is 1. The maximum atomic E-state index is 12.0. The number of rotatable bonds is 6. The van der Waals surface area contributed by atoms with Gasteiger partial charge in [-0.05, 0) is 18.2 Å². The number of nitrogens with one attached hydrogen (secondary N) is 3. The molecular weight excluding hydrogens is 416 g/mol. The van der Waals surface area contributed by atoms with Gasteiger partial charge in [-0.1, -0.05) is 42.8 Å². The summed E-state index contributed by atoms with van der Waals surface area (Å²) in [5.74, 6) is -0.175. The minimum atomic E-state index is -0.285. The molecule has 0 aliphatic rings. The van der Waals surface area contributed by atoms with Crippen molar-refractivity contribution in [3.8, 4) is 0 Å². The summed E-state index contributed by atoms with van der Waals surface area (Å²) in [6, 6.07) is 6.85. The summed E-state index contributed by atoms with van der Waals surface area (Å²) in [6.07, 6.45) is 0. The first-order valence-corrected chi connectivity index (χ1v) is 9.93. The van der Waals surface area contributed by atoms with Gasteiger partial charge in [0.05, 0.1) is 17.2 Å². The number of benzene rings is 1. The number of halogens is 1. The fourth-order valence-electron chi connectivity index (χ4n) is 2.05. The van der Waals surface area contributed by atoms with Gasteiger partial charge in [-0.15, -0.1) is 11.3 Å². The average Bonchev–Trinajstić information content (AvgIpc) is 3.06. The lowest BCUT2D eigenvalue weighted by molar-refractivity contribution is 0.0953. The molecule has 0 radical (unpaired) electrons. The van der Waals surface area contributed by atoms with Crippen molar-refractivity contribution in [1.82, 2.24) is 20.9 Å². The number of urea groups is 1. The highest BCUT2D eigenvalue weighted by Gasteiger charge is 2.18. The number of nitrogens with zero attached hydrogens (tertiary/aromatic N) is 1. The molecule has 0 saturated carbocycles. The lowest BCUT2D eigenvalue weighted by Crippen LogP contribution is -2.40. The van der Waals surface area contributed by atoms with Crippen LogP contribution in [0.3, 0.4) is 0 Å². The van der Waals surface area contributed by atoms with E-state index in [0.29, 0.717) is 25.2 Å². The maximum absolute atomic E-state index is 12.0. The third-order valence-corrected chi connectivity index (χ3v) is 5.22. The monoisotopic (exact) mass is 438 g/mol. The highest BCUT2D eigenvalue weighted by atomic mass is 79.9.